The van der Waals surface area contributed by atoms with Gasteiger partial charge in [0.1, 0.15) is 5.75 Å². The van der Waals surface area contributed by atoms with Crippen LogP contribution in [0.5, 0.6) is 5.75 Å². The van der Waals surface area contributed by atoms with Crippen LogP contribution in [0.2, 0.25) is 0 Å². The maximum absolute atomic E-state index is 12.7. The lowest BCUT2D eigenvalue weighted by molar-refractivity contribution is -0.118. The van der Waals surface area contributed by atoms with Crippen LogP contribution in [0.15, 0.2) is 23.9 Å². The van der Waals surface area contributed by atoms with Gasteiger partial charge in [0.2, 0.25) is 5.91 Å². The van der Waals surface area contributed by atoms with Crippen molar-refractivity contribution in [2.24, 2.45) is 11.7 Å². The standard InChI is InChI=1S/C22H29N3O2/c1-27-19-13-17-16(10-11-24-21(17)15-8-5-9-15)12-18(19)25-22(26)20(23)14-6-3-2-4-7-14/h10-14,20,24H,2-9,23H2,1H3,(H,25,26). The summed E-state index contributed by atoms with van der Waals surface area (Å²) in [6, 6.07) is 3.56. The van der Waals surface area contributed by atoms with Crippen molar-refractivity contribution in [3.63, 3.8) is 0 Å². The second-order valence-electron chi connectivity index (χ2n) is 7.86. The highest BCUT2D eigenvalue weighted by Gasteiger charge is 2.27. The van der Waals surface area contributed by atoms with Gasteiger partial charge in [-0.2, -0.15) is 0 Å². The smallest absolute Gasteiger partial charge is 0.241 e. The van der Waals surface area contributed by atoms with Gasteiger partial charge in [-0.1, -0.05) is 19.3 Å². The van der Waals surface area contributed by atoms with E-state index in [0.717, 1.165) is 36.8 Å². The molecule has 0 saturated heterocycles. The Hall–Kier alpha value is -2.27. The van der Waals surface area contributed by atoms with E-state index in [1.54, 1.807) is 7.11 Å². The molecule has 2 fully saturated rings. The molecule has 1 atom stereocenters. The Labute approximate surface area is 161 Å². The molecule has 1 amide bonds. The number of benzene rings is 1. The molecule has 4 N–H and O–H groups in total. The molecule has 3 aliphatic rings. The molecule has 144 valence electrons. The zero-order valence-electron chi connectivity index (χ0n) is 16.0. The zero-order chi connectivity index (χ0) is 18.8. The third-order valence-electron chi connectivity index (χ3n) is 6.16. The highest BCUT2D eigenvalue weighted by atomic mass is 16.5. The van der Waals surface area contributed by atoms with Gasteiger partial charge in [0.15, 0.2) is 0 Å². The van der Waals surface area contributed by atoms with Crippen molar-refractivity contribution in [3.8, 4) is 5.75 Å². The molecule has 4 rings (SSSR count). The molecule has 1 aliphatic heterocycles. The quantitative estimate of drug-likeness (QED) is 0.751. The van der Waals surface area contributed by atoms with Crippen molar-refractivity contribution >= 4 is 23.4 Å². The molecule has 2 aliphatic carbocycles. The fraction of sp³-hybridized carbons (Fsp3) is 0.500. The summed E-state index contributed by atoms with van der Waals surface area (Å²) in [4.78, 5) is 12.7. The average Bonchev–Trinajstić information content (AvgIpc) is 2.66. The first-order valence-electron chi connectivity index (χ1n) is 10.1. The monoisotopic (exact) mass is 367 g/mol. The van der Waals surface area contributed by atoms with Gasteiger partial charge >= 0.3 is 0 Å². The number of carbonyl (C=O) groups is 1. The molecule has 1 unspecified atom stereocenters. The fourth-order valence-corrected chi connectivity index (χ4v) is 4.33. The number of hydrogen-bond donors (Lipinski definition) is 3. The predicted octanol–water partition coefficient (Wildman–Crippen LogP) is 4.01. The molecule has 1 aromatic carbocycles. The van der Waals surface area contributed by atoms with Crippen LogP contribution in [-0.2, 0) is 4.79 Å². The second-order valence-corrected chi connectivity index (χ2v) is 7.86. The number of hydrogen-bond acceptors (Lipinski definition) is 4. The maximum atomic E-state index is 12.7. The van der Waals surface area contributed by atoms with E-state index in [1.807, 2.05) is 24.4 Å². The molecule has 5 nitrogen and oxygen atoms in total. The molecule has 1 aromatic rings. The van der Waals surface area contributed by atoms with Crippen molar-refractivity contribution in [1.29, 1.82) is 0 Å². The highest BCUT2D eigenvalue weighted by molar-refractivity contribution is 5.97. The lowest BCUT2D eigenvalue weighted by Crippen LogP contribution is -2.42. The van der Waals surface area contributed by atoms with Crippen LogP contribution < -0.4 is 21.1 Å². The Morgan fingerprint density at radius 3 is 2.67 bits per heavy atom. The van der Waals surface area contributed by atoms with E-state index in [9.17, 15) is 4.79 Å². The molecule has 0 spiro atoms. The first-order valence-corrected chi connectivity index (χ1v) is 10.1. The minimum atomic E-state index is -0.462. The molecular weight excluding hydrogens is 338 g/mol. The van der Waals surface area contributed by atoms with Crippen LogP contribution in [0.4, 0.5) is 5.69 Å². The molecular formula is C22H29N3O2. The van der Waals surface area contributed by atoms with E-state index in [1.165, 1.54) is 37.0 Å². The number of nitrogens with one attached hydrogen (secondary N) is 2. The first kappa shape index (κ1) is 18.1. The van der Waals surface area contributed by atoms with Gasteiger partial charge in [-0.05, 0) is 67.4 Å². The maximum Gasteiger partial charge on any atom is 0.241 e. The van der Waals surface area contributed by atoms with E-state index >= 15 is 0 Å². The summed E-state index contributed by atoms with van der Waals surface area (Å²) < 4.78 is 5.59. The van der Waals surface area contributed by atoms with Gasteiger partial charge in [-0.3, -0.25) is 4.79 Å². The Bertz CT molecular complexity index is 785. The van der Waals surface area contributed by atoms with E-state index in [-0.39, 0.29) is 11.8 Å². The lowest BCUT2D eigenvalue weighted by atomic mass is 9.84. The molecule has 1 heterocycles. The first-order chi connectivity index (χ1) is 13.2. The number of carbonyl (C=O) groups excluding carboxylic acids is 1. The van der Waals surface area contributed by atoms with E-state index < -0.39 is 6.04 Å². The van der Waals surface area contributed by atoms with Crippen LogP contribution in [0, 0.1) is 5.92 Å². The molecule has 27 heavy (non-hydrogen) atoms. The van der Waals surface area contributed by atoms with E-state index in [0.29, 0.717) is 11.4 Å². The topological polar surface area (TPSA) is 76.4 Å². The Balaban J connectivity index is 1.58. The minimum Gasteiger partial charge on any atom is -0.495 e. The third-order valence-corrected chi connectivity index (χ3v) is 6.16. The number of allylic oxidation sites excluding steroid dienone is 1. The molecule has 5 heteroatoms. The van der Waals surface area contributed by atoms with Crippen molar-refractivity contribution in [1.82, 2.24) is 5.32 Å². The predicted molar refractivity (Wildman–Crippen MR) is 109 cm³/mol. The van der Waals surface area contributed by atoms with Gasteiger partial charge in [0.25, 0.3) is 0 Å². The zero-order valence-corrected chi connectivity index (χ0v) is 16.0. The van der Waals surface area contributed by atoms with Crippen molar-refractivity contribution in [3.05, 3.63) is 35.0 Å². The van der Waals surface area contributed by atoms with E-state index in [2.05, 4.69) is 10.6 Å². The summed E-state index contributed by atoms with van der Waals surface area (Å²) in [5, 5.41) is 6.41. The van der Waals surface area contributed by atoms with Gasteiger partial charge in [0, 0.05) is 17.5 Å². The van der Waals surface area contributed by atoms with Gasteiger partial charge in [-0.25, -0.2) is 0 Å². The summed E-state index contributed by atoms with van der Waals surface area (Å²) >= 11 is 0. The van der Waals surface area contributed by atoms with Crippen LogP contribution in [0.3, 0.4) is 0 Å². The number of fused-ring (bicyclic) bond motifs is 1. The van der Waals surface area contributed by atoms with Gasteiger partial charge in [0.05, 0.1) is 18.8 Å². The van der Waals surface area contributed by atoms with Gasteiger partial charge < -0.3 is 21.1 Å². The molecule has 0 aromatic heterocycles. The molecule has 0 radical (unpaired) electrons. The average molecular weight is 367 g/mol. The number of rotatable bonds is 4. The lowest BCUT2D eigenvalue weighted by Gasteiger charge is -2.28. The van der Waals surface area contributed by atoms with Crippen LogP contribution in [0.25, 0.3) is 11.8 Å². The third kappa shape index (κ3) is 3.61. The number of nitrogens with two attached hydrogens (primary N) is 1. The SMILES string of the molecule is COc1cc2c(cc1NC(=O)C(N)C1CCCCC1)C=CNC2=C1CCC1. The molecule has 2 saturated carbocycles. The second kappa shape index (κ2) is 7.77. The normalized spacial score (nSPS) is 20.4. The summed E-state index contributed by atoms with van der Waals surface area (Å²) in [6.07, 6.45) is 13.2. The van der Waals surface area contributed by atoms with Crippen molar-refractivity contribution in [2.75, 3.05) is 12.4 Å². The number of anilines is 1. The Morgan fingerprint density at radius 2 is 2.00 bits per heavy atom. The van der Waals surface area contributed by atoms with Crippen molar-refractivity contribution in [2.45, 2.75) is 57.4 Å². The number of ether oxygens (including phenoxy) is 1. The van der Waals surface area contributed by atoms with Crippen LogP contribution in [-0.4, -0.2) is 19.1 Å². The largest absolute Gasteiger partial charge is 0.495 e. The van der Waals surface area contributed by atoms with Crippen LogP contribution >= 0.6 is 0 Å². The Kier molecular flexibility index (Phi) is 5.21. The fourth-order valence-electron chi connectivity index (χ4n) is 4.33. The highest BCUT2D eigenvalue weighted by Crippen LogP contribution is 2.39. The summed E-state index contributed by atoms with van der Waals surface area (Å²) in [7, 11) is 1.64. The van der Waals surface area contributed by atoms with Crippen LogP contribution in [0.1, 0.15) is 62.5 Å². The molecule has 0 bridgehead atoms. The minimum absolute atomic E-state index is 0.115. The number of methoxy groups -OCH3 is 1. The summed E-state index contributed by atoms with van der Waals surface area (Å²) in [5.74, 6) is 0.838. The van der Waals surface area contributed by atoms with E-state index in [4.69, 9.17) is 10.5 Å². The Morgan fingerprint density at radius 1 is 1.22 bits per heavy atom. The number of amides is 1. The van der Waals surface area contributed by atoms with Gasteiger partial charge in [-0.15, -0.1) is 0 Å². The summed E-state index contributed by atoms with van der Waals surface area (Å²) in [6.45, 7) is 0. The van der Waals surface area contributed by atoms with Crippen molar-refractivity contribution < 1.29 is 9.53 Å². The summed E-state index contributed by atoms with van der Waals surface area (Å²) in [5.41, 5.74) is 11.8.